The molecule has 1 N–H and O–H groups in total. The van der Waals surface area contributed by atoms with Crippen LogP contribution in [0.5, 0.6) is 11.5 Å². The van der Waals surface area contributed by atoms with E-state index in [2.05, 4.69) is 5.32 Å². The molecule has 1 aliphatic heterocycles. The normalized spacial score (nSPS) is 14.8. The first kappa shape index (κ1) is 22.1. The van der Waals surface area contributed by atoms with E-state index < -0.39 is 10.0 Å². The van der Waals surface area contributed by atoms with Crippen molar-refractivity contribution in [3.05, 3.63) is 48.5 Å². The summed E-state index contributed by atoms with van der Waals surface area (Å²) in [5.74, 6) is 1.26. The summed E-state index contributed by atoms with van der Waals surface area (Å²) in [5.41, 5.74) is 0.449. The van der Waals surface area contributed by atoms with Crippen molar-refractivity contribution in [3.8, 4) is 11.5 Å². The lowest BCUT2D eigenvalue weighted by Gasteiger charge is -2.26. The molecule has 1 saturated heterocycles. The Morgan fingerprint density at radius 3 is 2.50 bits per heavy atom. The average Bonchev–Trinajstić information content (AvgIpc) is 2.78. The molecule has 2 aromatic carbocycles. The number of nitrogens with zero attached hydrogens (tertiary/aromatic N) is 1. The zero-order chi connectivity index (χ0) is 21.4. The van der Waals surface area contributed by atoms with E-state index in [1.807, 2.05) is 0 Å². The number of hydrogen-bond acceptors (Lipinski definition) is 6. The molecule has 1 fully saturated rings. The largest absolute Gasteiger partial charge is 0.497 e. The predicted molar refractivity (Wildman–Crippen MR) is 112 cm³/mol. The van der Waals surface area contributed by atoms with Gasteiger partial charge in [-0.25, -0.2) is 8.42 Å². The molecule has 3 rings (SSSR count). The molecule has 2 aromatic rings. The van der Waals surface area contributed by atoms with Gasteiger partial charge >= 0.3 is 0 Å². The number of sulfonamides is 1. The fourth-order valence-electron chi connectivity index (χ4n) is 2.99. The zero-order valence-corrected chi connectivity index (χ0v) is 17.7. The van der Waals surface area contributed by atoms with Gasteiger partial charge in [-0.3, -0.25) is 4.79 Å². The summed E-state index contributed by atoms with van der Waals surface area (Å²) in [6.45, 7) is 1.81. The summed E-state index contributed by atoms with van der Waals surface area (Å²) in [6.07, 6.45) is 0.792. The van der Waals surface area contributed by atoms with Crippen LogP contribution in [0, 0.1) is 0 Å². The van der Waals surface area contributed by atoms with Gasteiger partial charge in [-0.15, -0.1) is 0 Å². The minimum atomic E-state index is -3.60. The van der Waals surface area contributed by atoms with Gasteiger partial charge in [0.1, 0.15) is 11.5 Å². The van der Waals surface area contributed by atoms with Crippen LogP contribution in [0.4, 0.5) is 5.69 Å². The fraction of sp³-hybridized carbons (Fsp3) is 0.381. The van der Waals surface area contributed by atoms with E-state index in [4.69, 9.17) is 14.2 Å². The summed E-state index contributed by atoms with van der Waals surface area (Å²) in [5, 5.41) is 2.75. The molecule has 1 aliphatic rings. The van der Waals surface area contributed by atoms with Crippen LogP contribution in [0.25, 0.3) is 0 Å². The number of carbonyl (C=O) groups is 1. The molecule has 30 heavy (non-hydrogen) atoms. The number of anilines is 1. The summed E-state index contributed by atoms with van der Waals surface area (Å²) in [4.78, 5) is 12.4. The summed E-state index contributed by atoms with van der Waals surface area (Å²) in [7, 11) is -2.00. The minimum Gasteiger partial charge on any atom is -0.497 e. The van der Waals surface area contributed by atoms with Crippen molar-refractivity contribution in [1.29, 1.82) is 0 Å². The molecule has 0 aromatic heterocycles. The minimum absolute atomic E-state index is 0.157. The molecular formula is C21H26N2O6S. The molecule has 0 radical (unpaired) electrons. The Hall–Kier alpha value is -2.62. The van der Waals surface area contributed by atoms with Gasteiger partial charge in [0.15, 0.2) is 0 Å². The molecule has 0 unspecified atom stereocenters. The number of ether oxygens (including phenoxy) is 3. The molecule has 0 aliphatic carbocycles. The number of morpholine rings is 1. The highest BCUT2D eigenvalue weighted by atomic mass is 32.2. The van der Waals surface area contributed by atoms with Crippen molar-refractivity contribution in [2.45, 2.75) is 17.7 Å². The Labute approximate surface area is 176 Å². The second-order valence-electron chi connectivity index (χ2n) is 6.72. The van der Waals surface area contributed by atoms with Crippen LogP contribution < -0.4 is 14.8 Å². The third-order valence-electron chi connectivity index (χ3n) is 4.60. The summed E-state index contributed by atoms with van der Waals surface area (Å²) in [6, 6.07) is 13.5. The van der Waals surface area contributed by atoms with Gasteiger partial charge < -0.3 is 19.5 Å². The highest BCUT2D eigenvalue weighted by Crippen LogP contribution is 2.21. The number of hydrogen-bond donors (Lipinski definition) is 1. The molecule has 162 valence electrons. The quantitative estimate of drug-likeness (QED) is 0.610. The number of methoxy groups -OCH3 is 1. The molecule has 0 spiro atoms. The SMILES string of the molecule is COc1ccc(OCCCC(=O)Nc2cccc(S(=O)(=O)N3CCOCC3)c2)cc1. The highest BCUT2D eigenvalue weighted by Gasteiger charge is 2.26. The third kappa shape index (κ3) is 5.94. The summed E-state index contributed by atoms with van der Waals surface area (Å²) < 4.78 is 42.8. The van der Waals surface area contributed by atoms with Crippen molar-refractivity contribution in [2.24, 2.45) is 0 Å². The zero-order valence-electron chi connectivity index (χ0n) is 16.9. The van der Waals surface area contributed by atoms with E-state index in [1.54, 1.807) is 43.5 Å². The van der Waals surface area contributed by atoms with Gasteiger partial charge in [-0.1, -0.05) is 6.07 Å². The van der Waals surface area contributed by atoms with Crippen LogP contribution in [-0.2, 0) is 19.6 Å². The van der Waals surface area contributed by atoms with Crippen molar-refractivity contribution in [3.63, 3.8) is 0 Å². The number of carbonyl (C=O) groups excluding carboxylic acids is 1. The molecule has 9 heteroatoms. The van der Waals surface area contributed by atoms with Crippen LogP contribution in [0.1, 0.15) is 12.8 Å². The molecule has 0 atom stereocenters. The van der Waals surface area contributed by atoms with Gasteiger partial charge in [0.05, 0.1) is 31.8 Å². The molecule has 1 amide bonds. The van der Waals surface area contributed by atoms with Crippen molar-refractivity contribution in [1.82, 2.24) is 4.31 Å². The maximum atomic E-state index is 12.7. The second kappa shape index (κ2) is 10.4. The first-order valence-corrected chi connectivity index (χ1v) is 11.2. The first-order valence-electron chi connectivity index (χ1n) is 9.74. The average molecular weight is 435 g/mol. The van der Waals surface area contributed by atoms with Gasteiger partial charge in [0.2, 0.25) is 15.9 Å². The lowest BCUT2D eigenvalue weighted by Crippen LogP contribution is -2.40. The molecule has 8 nitrogen and oxygen atoms in total. The van der Waals surface area contributed by atoms with E-state index in [1.165, 1.54) is 16.4 Å². The number of rotatable bonds is 9. The van der Waals surface area contributed by atoms with Gasteiger partial charge in [-0.05, 0) is 48.9 Å². The van der Waals surface area contributed by atoms with Gasteiger partial charge in [0.25, 0.3) is 0 Å². The predicted octanol–water partition coefficient (Wildman–Crippen LogP) is 2.51. The molecule has 0 saturated carbocycles. The van der Waals surface area contributed by atoms with E-state index in [0.29, 0.717) is 50.8 Å². The van der Waals surface area contributed by atoms with Gasteiger partial charge in [-0.2, -0.15) is 4.31 Å². The number of benzene rings is 2. The van der Waals surface area contributed by atoms with Gasteiger partial charge in [0, 0.05) is 25.2 Å². The van der Waals surface area contributed by atoms with Crippen molar-refractivity contribution in [2.75, 3.05) is 45.3 Å². The lowest BCUT2D eigenvalue weighted by molar-refractivity contribution is -0.116. The van der Waals surface area contributed by atoms with E-state index in [-0.39, 0.29) is 17.2 Å². The summed E-state index contributed by atoms with van der Waals surface area (Å²) >= 11 is 0. The number of nitrogens with one attached hydrogen (secondary N) is 1. The highest BCUT2D eigenvalue weighted by molar-refractivity contribution is 7.89. The van der Waals surface area contributed by atoms with Crippen LogP contribution in [0.3, 0.4) is 0 Å². The standard InChI is InChI=1S/C21H26N2O6S/c1-27-18-7-9-19(10-8-18)29-13-3-6-21(24)22-17-4-2-5-20(16-17)30(25,26)23-11-14-28-15-12-23/h2,4-5,7-10,16H,3,6,11-15H2,1H3,(H,22,24). The Morgan fingerprint density at radius 1 is 1.10 bits per heavy atom. The molecule has 0 bridgehead atoms. The van der Waals surface area contributed by atoms with Crippen molar-refractivity contribution < 1.29 is 27.4 Å². The maximum absolute atomic E-state index is 12.7. The monoisotopic (exact) mass is 434 g/mol. The Bertz CT molecular complexity index is 940. The second-order valence-corrected chi connectivity index (χ2v) is 8.66. The van der Waals surface area contributed by atoms with E-state index in [9.17, 15) is 13.2 Å². The molecule has 1 heterocycles. The number of amides is 1. The van der Waals surface area contributed by atoms with Crippen LogP contribution >= 0.6 is 0 Å². The van der Waals surface area contributed by atoms with Crippen LogP contribution in [-0.4, -0.2) is 58.7 Å². The Morgan fingerprint density at radius 2 is 1.80 bits per heavy atom. The van der Waals surface area contributed by atoms with Crippen LogP contribution in [0.15, 0.2) is 53.4 Å². The first-order chi connectivity index (χ1) is 14.5. The smallest absolute Gasteiger partial charge is 0.243 e. The van der Waals surface area contributed by atoms with E-state index >= 15 is 0 Å². The molecular weight excluding hydrogens is 408 g/mol. The topological polar surface area (TPSA) is 94.2 Å². The van der Waals surface area contributed by atoms with Crippen LogP contribution in [0.2, 0.25) is 0 Å². The maximum Gasteiger partial charge on any atom is 0.243 e. The Balaban J connectivity index is 1.48. The van der Waals surface area contributed by atoms with E-state index in [0.717, 1.165) is 5.75 Å². The fourth-order valence-corrected chi connectivity index (χ4v) is 4.44. The van der Waals surface area contributed by atoms with Crippen molar-refractivity contribution >= 4 is 21.6 Å². The Kier molecular flexibility index (Phi) is 7.67. The lowest BCUT2D eigenvalue weighted by atomic mass is 10.2. The third-order valence-corrected chi connectivity index (χ3v) is 6.50.